The van der Waals surface area contributed by atoms with Crippen molar-refractivity contribution in [2.75, 3.05) is 39.8 Å². The van der Waals surface area contributed by atoms with Crippen LogP contribution in [-0.2, 0) is 4.74 Å². The van der Waals surface area contributed by atoms with Crippen molar-refractivity contribution in [1.29, 1.82) is 0 Å². The average molecular weight is 285 g/mol. The summed E-state index contributed by atoms with van der Waals surface area (Å²) in [6.07, 6.45) is -0.924. The van der Waals surface area contributed by atoms with Crippen molar-refractivity contribution in [3.8, 4) is 11.5 Å². The first-order chi connectivity index (χ1) is 9.57. The molecule has 0 spiro atoms. The predicted octanol–water partition coefficient (Wildman–Crippen LogP) is 0.255. The number of methoxy groups -OCH3 is 3. The van der Waals surface area contributed by atoms with Crippen LogP contribution in [0.4, 0.5) is 5.69 Å². The Morgan fingerprint density at radius 2 is 2.00 bits per heavy atom. The summed E-state index contributed by atoms with van der Waals surface area (Å²) in [4.78, 5) is 11.6. The van der Waals surface area contributed by atoms with Crippen LogP contribution in [0.3, 0.4) is 0 Å². The van der Waals surface area contributed by atoms with Gasteiger partial charge < -0.3 is 29.7 Å². The molecule has 0 aromatic heterocycles. The van der Waals surface area contributed by atoms with Gasteiger partial charge in [0, 0.05) is 6.54 Å². The maximum atomic E-state index is 11.6. The average Bonchev–Trinajstić information content (AvgIpc) is 2.50. The van der Waals surface area contributed by atoms with Crippen molar-refractivity contribution >= 4 is 11.7 Å². The lowest BCUT2D eigenvalue weighted by Crippen LogP contribution is -2.23. The standard InChI is InChI=1S/C13H19NO6/c1-18-11-5-8(13(17)20-3)4-10(12(11)19-2)14-6-9(16)7-15/h4-5,9,14-16H,6-7H2,1-3H3. The van der Waals surface area contributed by atoms with Gasteiger partial charge in [0.2, 0.25) is 0 Å². The number of hydrogen-bond donors (Lipinski definition) is 3. The lowest BCUT2D eigenvalue weighted by Gasteiger charge is -2.17. The molecular formula is C13H19NO6. The van der Waals surface area contributed by atoms with Gasteiger partial charge in [-0.05, 0) is 12.1 Å². The van der Waals surface area contributed by atoms with Crippen LogP contribution in [0.5, 0.6) is 11.5 Å². The molecule has 0 aliphatic rings. The van der Waals surface area contributed by atoms with Gasteiger partial charge in [0.15, 0.2) is 11.5 Å². The van der Waals surface area contributed by atoms with E-state index in [0.717, 1.165) is 0 Å². The maximum Gasteiger partial charge on any atom is 0.338 e. The number of carbonyl (C=O) groups excluding carboxylic acids is 1. The monoisotopic (exact) mass is 285 g/mol. The summed E-state index contributed by atoms with van der Waals surface area (Å²) in [5.74, 6) is 0.235. The first-order valence-electron chi connectivity index (χ1n) is 5.94. The number of carbonyl (C=O) groups is 1. The molecule has 0 heterocycles. The zero-order chi connectivity index (χ0) is 15.1. The van der Waals surface area contributed by atoms with E-state index in [4.69, 9.17) is 14.6 Å². The van der Waals surface area contributed by atoms with Crippen molar-refractivity contribution in [2.24, 2.45) is 0 Å². The molecule has 1 aromatic carbocycles. The molecule has 1 rings (SSSR count). The second-order valence-corrected chi connectivity index (χ2v) is 3.97. The normalized spacial score (nSPS) is 11.7. The van der Waals surface area contributed by atoms with Crippen LogP contribution in [0.15, 0.2) is 12.1 Å². The summed E-state index contributed by atoms with van der Waals surface area (Å²) in [7, 11) is 4.19. The summed E-state index contributed by atoms with van der Waals surface area (Å²) < 4.78 is 15.0. The molecular weight excluding hydrogens is 266 g/mol. The summed E-state index contributed by atoms with van der Waals surface area (Å²) >= 11 is 0. The number of rotatable bonds is 7. The molecule has 3 N–H and O–H groups in total. The minimum Gasteiger partial charge on any atom is -0.493 e. The zero-order valence-electron chi connectivity index (χ0n) is 11.7. The highest BCUT2D eigenvalue weighted by molar-refractivity contribution is 5.92. The second-order valence-electron chi connectivity index (χ2n) is 3.97. The highest BCUT2D eigenvalue weighted by Crippen LogP contribution is 2.36. The van der Waals surface area contributed by atoms with Gasteiger partial charge in [0.25, 0.3) is 0 Å². The molecule has 0 fully saturated rings. The van der Waals surface area contributed by atoms with Gasteiger partial charge in [0.1, 0.15) is 0 Å². The minimum absolute atomic E-state index is 0.0979. The molecule has 1 unspecified atom stereocenters. The first-order valence-corrected chi connectivity index (χ1v) is 5.94. The van der Waals surface area contributed by atoms with E-state index in [1.54, 1.807) is 0 Å². The highest BCUT2D eigenvalue weighted by Gasteiger charge is 2.17. The molecule has 20 heavy (non-hydrogen) atoms. The van der Waals surface area contributed by atoms with Gasteiger partial charge in [0.05, 0.1) is 45.3 Å². The van der Waals surface area contributed by atoms with Crippen molar-refractivity contribution in [1.82, 2.24) is 0 Å². The molecule has 0 saturated carbocycles. The van der Waals surface area contributed by atoms with Crippen LogP contribution in [0.25, 0.3) is 0 Å². The van der Waals surface area contributed by atoms with Crippen molar-refractivity contribution in [3.63, 3.8) is 0 Å². The number of benzene rings is 1. The second kappa shape index (κ2) is 7.56. The Hall–Kier alpha value is -1.99. The Morgan fingerprint density at radius 1 is 1.30 bits per heavy atom. The minimum atomic E-state index is -0.924. The first kappa shape index (κ1) is 16.1. The smallest absolute Gasteiger partial charge is 0.338 e. The quantitative estimate of drug-likeness (QED) is 0.618. The molecule has 0 aliphatic carbocycles. The Morgan fingerprint density at radius 3 is 2.50 bits per heavy atom. The summed E-state index contributed by atoms with van der Waals surface area (Å²) in [5.41, 5.74) is 0.742. The maximum absolute atomic E-state index is 11.6. The van der Waals surface area contributed by atoms with E-state index in [0.29, 0.717) is 17.2 Å². The fourth-order valence-corrected chi connectivity index (χ4v) is 1.62. The molecule has 0 aliphatic heterocycles. The Labute approximate surface area is 117 Å². The summed E-state index contributed by atoms with van der Waals surface area (Å²) in [6.45, 7) is -0.274. The van der Waals surface area contributed by atoms with Crippen LogP contribution < -0.4 is 14.8 Å². The number of aliphatic hydroxyl groups is 2. The molecule has 7 heteroatoms. The Kier molecular flexibility index (Phi) is 6.08. The van der Waals surface area contributed by atoms with Crippen LogP contribution in [0.2, 0.25) is 0 Å². The van der Waals surface area contributed by atoms with E-state index in [1.807, 2.05) is 0 Å². The molecule has 7 nitrogen and oxygen atoms in total. The Balaban J connectivity index is 3.13. The van der Waals surface area contributed by atoms with Gasteiger partial charge in [-0.25, -0.2) is 4.79 Å². The summed E-state index contributed by atoms with van der Waals surface area (Å²) in [6, 6.07) is 3.02. The number of aliphatic hydroxyl groups excluding tert-OH is 2. The number of hydrogen-bond acceptors (Lipinski definition) is 7. The van der Waals surface area contributed by atoms with E-state index in [9.17, 15) is 9.90 Å². The molecule has 0 radical (unpaired) electrons. The van der Waals surface area contributed by atoms with Crippen LogP contribution in [0, 0.1) is 0 Å². The van der Waals surface area contributed by atoms with Gasteiger partial charge in [-0.15, -0.1) is 0 Å². The Bertz CT molecular complexity index is 462. The summed E-state index contributed by atoms with van der Waals surface area (Å²) in [5, 5.41) is 21.0. The van der Waals surface area contributed by atoms with Gasteiger partial charge in [-0.3, -0.25) is 0 Å². The van der Waals surface area contributed by atoms with Crippen LogP contribution >= 0.6 is 0 Å². The molecule has 0 bridgehead atoms. The van der Waals surface area contributed by atoms with Gasteiger partial charge in [-0.2, -0.15) is 0 Å². The molecule has 0 saturated heterocycles. The fraction of sp³-hybridized carbons (Fsp3) is 0.462. The van der Waals surface area contributed by atoms with Crippen LogP contribution in [-0.4, -0.2) is 56.8 Å². The number of anilines is 1. The third-order valence-corrected chi connectivity index (χ3v) is 2.64. The SMILES string of the molecule is COC(=O)c1cc(NCC(O)CO)c(OC)c(OC)c1. The van der Waals surface area contributed by atoms with E-state index in [1.165, 1.54) is 33.5 Å². The van der Waals surface area contributed by atoms with Gasteiger partial charge in [-0.1, -0.05) is 0 Å². The fourth-order valence-electron chi connectivity index (χ4n) is 1.62. The largest absolute Gasteiger partial charge is 0.493 e. The number of nitrogens with one attached hydrogen (secondary N) is 1. The predicted molar refractivity (Wildman–Crippen MR) is 72.5 cm³/mol. The molecule has 1 aromatic rings. The van der Waals surface area contributed by atoms with Crippen LogP contribution in [0.1, 0.15) is 10.4 Å². The zero-order valence-corrected chi connectivity index (χ0v) is 11.7. The topological polar surface area (TPSA) is 97.3 Å². The third kappa shape index (κ3) is 3.75. The van der Waals surface area contributed by atoms with Crippen molar-refractivity contribution in [2.45, 2.75) is 6.10 Å². The van der Waals surface area contributed by atoms with Gasteiger partial charge >= 0.3 is 5.97 Å². The highest BCUT2D eigenvalue weighted by atomic mass is 16.5. The van der Waals surface area contributed by atoms with E-state index in [-0.39, 0.29) is 18.7 Å². The third-order valence-electron chi connectivity index (χ3n) is 2.64. The number of ether oxygens (including phenoxy) is 3. The number of esters is 1. The van der Waals surface area contributed by atoms with Crippen molar-refractivity contribution in [3.05, 3.63) is 17.7 Å². The lowest BCUT2D eigenvalue weighted by atomic mass is 10.1. The molecule has 1 atom stereocenters. The van der Waals surface area contributed by atoms with Crippen molar-refractivity contribution < 1.29 is 29.2 Å². The van der Waals surface area contributed by atoms with E-state index in [2.05, 4.69) is 10.1 Å². The van der Waals surface area contributed by atoms with E-state index < -0.39 is 12.1 Å². The molecule has 112 valence electrons. The molecule has 0 amide bonds. The lowest BCUT2D eigenvalue weighted by molar-refractivity contribution is 0.0600. The van der Waals surface area contributed by atoms with E-state index >= 15 is 0 Å².